The Balaban J connectivity index is 1.96. The summed E-state index contributed by atoms with van der Waals surface area (Å²) >= 11 is 0. The first-order valence-electron chi connectivity index (χ1n) is 6.41. The SMILES string of the molecule is CNCc1ccc2ccn(Cc3cc(C)on3)c2c1. The van der Waals surface area contributed by atoms with Gasteiger partial charge in [-0.15, -0.1) is 0 Å². The van der Waals surface area contributed by atoms with E-state index in [0.29, 0.717) is 0 Å². The zero-order valence-electron chi connectivity index (χ0n) is 11.2. The predicted octanol–water partition coefficient (Wildman–Crippen LogP) is 2.71. The maximum absolute atomic E-state index is 5.11. The molecule has 0 amide bonds. The molecule has 1 aromatic carbocycles. The molecule has 0 radical (unpaired) electrons. The van der Waals surface area contributed by atoms with E-state index in [4.69, 9.17) is 4.52 Å². The predicted molar refractivity (Wildman–Crippen MR) is 75.0 cm³/mol. The summed E-state index contributed by atoms with van der Waals surface area (Å²) in [5, 5.41) is 8.47. The highest BCUT2D eigenvalue weighted by Gasteiger charge is 2.06. The van der Waals surface area contributed by atoms with Crippen LogP contribution in [-0.4, -0.2) is 16.8 Å². The Morgan fingerprint density at radius 2 is 2.16 bits per heavy atom. The van der Waals surface area contributed by atoms with E-state index in [1.165, 1.54) is 16.5 Å². The lowest BCUT2D eigenvalue weighted by Crippen LogP contribution is -2.05. The molecule has 2 heterocycles. The van der Waals surface area contributed by atoms with Crippen molar-refractivity contribution in [1.82, 2.24) is 15.0 Å². The van der Waals surface area contributed by atoms with Crippen LogP contribution in [0.4, 0.5) is 0 Å². The number of hydrogen-bond acceptors (Lipinski definition) is 3. The smallest absolute Gasteiger partial charge is 0.133 e. The van der Waals surface area contributed by atoms with Crippen molar-refractivity contribution in [2.45, 2.75) is 20.0 Å². The van der Waals surface area contributed by atoms with Crippen LogP contribution >= 0.6 is 0 Å². The van der Waals surface area contributed by atoms with Crippen molar-refractivity contribution < 1.29 is 4.52 Å². The fraction of sp³-hybridized carbons (Fsp3) is 0.267. The van der Waals surface area contributed by atoms with E-state index in [0.717, 1.165) is 24.5 Å². The van der Waals surface area contributed by atoms with Crippen LogP contribution < -0.4 is 5.32 Å². The quantitative estimate of drug-likeness (QED) is 0.779. The molecule has 3 rings (SSSR count). The molecular formula is C15H17N3O. The van der Waals surface area contributed by atoms with E-state index < -0.39 is 0 Å². The molecule has 0 spiro atoms. The highest BCUT2D eigenvalue weighted by Crippen LogP contribution is 2.19. The van der Waals surface area contributed by atoms with Crippen molar-refractivity contribution in [1.29, 1.82) is 0 Å². The van der Waals surface area contributed by atoms with Crippen molar-refractivity contribution in [2.75, 3.05) is 7.05 Å². The number of hydrogen-bond donors (Lipinski definition) is 1. The molecule has 4 nitrogen and oxygen atoms in total. The highest BCUT2D eigenvalue weighted by molar-refractivity contribution is 5.80. The van der Waals surface area contributed by atoms with Gasteiger partial charge in [0.1, 0.15) is 11.5 Å². The van der Waals surface area contributed by atoms with Gasteiger partial charge < -0.3 is 14.4 Å². The molecule has 0 aliphatic rings. The second kappa shape index (κ2) is 4.90. The van der Waals surface area contributed by atoms with Crippen LogP contribution in [-0.2, 0) is 13.1 Å². The van der Waals surface area contributed by atoms with Gasteiger partial charge in [-0.1, -0.05) is 17.3 Å². The number of rotatable bonds is 4. The molecule has 4 heteroatoms. The molecule has 0 fully saturated rings. The third kappa shape index (κ3) is 2.39. The third-order valence-electron chi connectivity index (χ3n) is 3.23. The second-order valence-electron chi connectivity index (χ2n) is 4.80. The number of nitrogens with one attached hydrogen (secondary N) is 1. The van der Waals surface area contributed by atoms with Crippen LogP contribution in [0.2, 0.25) is 0 Å². The molecule has 0 unspecified atom stereocenters. The normalized spacial score (nSPS) is 11.3. The second-order valence-corrected chi connectivity index (χ2v) is 4.80. The molecule has 0 saturated heterocycles. The number of nitrogens with zero attached hydrogens (tertiary/aromatic N) is 2. The lowest BCUT2D eigenvalue weighted by molar-refractivity contribution is 0.389. The van der Waals surface area contributed by atoms with E-state index in [-0.39, 0.29) is 0 Å². The lowest BCUT2D eigenvalue weighted by atomic mass is 10.1. The fourth-order valence-electron chi connectivity index (χ4n) is 2.35. The monoisotopic (exact) mass is 255 g/mol. The Hall–Kier alpha value is -2.07. The number of aryl methyl sites for hydroxylation is 1. The highest BCUT2D eigenvalue weighted by atomic mass is 16.5. The van der Waals surface area contributed by atoms with Gasteiger partial charge in [0.05, 0.1) is 6.54 Å². The van der Waals surface area contributed by atoms with Crippen molar-refractivity contribution >= 4 is 10.9 Å². The lowest BCUT2D eigenvalue weighted by Gasteiger charge is -2.05. The summed E-state index contributed by atoms with van der Waals surface area (Å²) in [5.74, 6) is 0.849. The molecule has 0 bridgehead atoms. The van der Waals surface area contributed by atoms with Gasteiger partial charge in [0, 0.05) is 24.3 Å². The Morgan fingerprint density at radius 3 is 2.89 bits per heavy atom. The Bertz CT molecular complexity index is 696. The van der Waals surface area contributed by atoms with Crippen molar-refractivity contribution in [2.24, 2.45) is 0 Å². The first kappa shape index (κ1) is 12.0. The van der Waals surface area contributed by atoms with Gasteiger partial charge in [0.2, 0.25) is 0 Å². The molecule has 2 aromatic heterocycles. The molecule has 0 aliphatic carbocycles. The fourth-order valence-corrected chi connectivity index (χ4v) is 2.35. The average molecular weight is 255 g/mol. The van der Waals surface area contributed by atoms with E-state index >= 15 is 0 Å². The molecular weight excluding hydrogens is 238 g/mol. The van der Waals surface area contributed by atoms with Gasteiger partial charge in [0.15, 0.2) is 0 Å². The Morgan fingerprint density at radius 1 is 1.26 bits per heavy atom. The largest absolute Gasteiger partial charge is 0.361 e. The van der Waals surface area contributed by atoms with Gasteiger partial charge in [-0.2, -0.15) is 0 Å². The van der Waals surface area contributed by atoms with Gasteiger partial charge in [0.25, 0.3) is 0 Å². The van der Waals surface area contributed by atoms with E-state index in [2.05, 4.69) is 45.5 Å². The van der Waals surface area contributed by atoms with Crippen molar-refractivity contribution in [3.63, 3.8) is 0 Å². The first-order chi connectivity index (χ1) is 9.26. The van der Waals surface area contributed by atoms with E-state index in [9.17, 15) is 0 Å². The van der Waals surface area contributed by atoms with E-state index in [1.54, 1.807) is 0 Å². The Kier molecular flexibility index (Phi) is 3.09. The minimum Gasteiger partial charge on any atom is -0.361 e. The summed E-state index contributed by atoms with van der Waals surface area (Å²) < 4.78 is 7.31. The third-order valence-corrected chi connectivity index (χ3v) is 3.23. The van der Waals surface area contributed by atoms with E-state index in [1.807, 2.05) is 20.0 Å². The minimum atomic E-state index is 0.740. The maximum Gasteiger partial charge on any atom is 0.133 e. The van der Waals surface area contributed by atoms with Crippen LogP contribution in [0.15, 0.2) is 41.1 Å². The summed E-state index contributed by atoms with van der Waals surface area (Å²) in [6.45, 7) is 3.53. The summed E-state index contributed by atoms with van der Waals surface area (Å²) in [4.78, 5) is 0. The van der Waals surface area contributed by atoms with Crippen LogP contribution in [0.25, 0.3) is 10.9 Å². The van der Waals surface area contributed by atoms with Gasteiger partial charge in [-0.3, -0.25) is 0 Å². The van der Waals surface area contributed by atoms with Gasteiger partial charge >= 0.3 is 0 Å². The zero-order chi connectivity index (χ0) is 13.2. The van der Waals surface area contributed by atoms with Crippen LogP contribution in [0.5, 0.6) is 0 Å². The summed E-state index contributed by atoms with van der Waals surface area (Å²) in [5.41, 5.74) is 3.47. The standard InChI is InChI=1S/C15H17N3O/c1-11-7-14(17-19-11)10-18-6-5-13-4-3-12(9-16-2)8-15(13)18/h3-8,16H,9-10H2,1-2H3. The van der Waals surface area contributed by atoms with Crippen molar-refractivity contribution in [3.8, 4) is 0 Å². The maximum atomic E-state index is 5.11. The number of fused-ring (bicyclic) bond motifs is 1. The van der Waals surface area contributed by atoms with Crippen molar-refractivity contribution in [3.05, 3.63) is 53.5 Å². The molecule has 0 aliphatic heterocycles. The Labute approximate surface area is 112 Å². The van der Waals surface area contributed by atoms with Gasteiger partial charge in [-0.25, -0.2) is 0 Å². The summed E-state index contributed by atoms with van der Waals surface area (Å²) in [6.07, 6.45) is 2.10. The van der Waals surface area contributed by atoms with Crippen LogP contribution in [0.3, 0.4) is 0 Å². The molecule has 0 saturated carbocycles. The van der Waals surface area contributed by atoms with Crippen LogP contribution in [0.1, 0.15) is 17.0 Å². The summed E-state index contributed by atoms with van der Waals surface area (Å²) in [7, 11) is 1.96. The number of aromatic nitrogens is 2. The molecule has 19 heavy (non-hydrogen) atoms. The molecule has 0 atom stereocenters. The molecule has 1 N–H and O–H groups in total. The van der Waals surface area contributed by atoms with Crippen LogP contribution in [0, 0.1) is 6.92 Å². The summed E-state index contributed by atoms with van der Waals surface area (Å²) in [6, 6.07) is 10.6. The molecule has 98 valence electrons. The van der Waals surface area contributed by atoms with Gasteiger partial charge in [-0.05, 0) is 37.1 Å². The number of benzene rings is 1. The zero-order valence-corrected chi connectivity index (χ0v) is 11.2. The molecule has 3 aromatic rings. The topological polar surface area (TPSA) is 43.0 Å². The first-order valence-corrected chi connectivity index (χ1v) is 6.41. The minimum absolute atomic E-state index is 0.740. The average Bonchev–Trinajstić information content (AvgIpc) is 2.98.